The van der Waals surface area contributed by atoms with Crippen molar-refractivity contribution < 1.29 is 14.9 Å². The van der Waals surface area contributed by atoms with Crippen LogP contribution in [0.5, 0.6) is 17.2 Å². The molecule has 4 aromatic carbocycles. The second-order valence-electron chi connectivity index (χ2n) is 5.87. The number of nitrogens with zero attached hydrogens (tertiary/aromatic N) is 2. The molecule has 0 saturated carbocycles. The van der Waals surface area contributed by atoms with Gasteiger partial charge in [-0.25, -0.2) is 0 Å². The average molecular weight is 344 g/mol. The van der Waals surface area contributed by atoms with Gasteiger partial charge in [0.1, 0.15) is 17.2 Å². The Labute approximate surface area is 149 Å². The molecule has 0 amide bonds. The first-order chi connectivity index (χ1) is 12.7. The molecule has 0 aliphatic rings. The van der Waals surface area contributed by atoms with Crippen molar-refractivity contribution in [3.63, 3.8) is 0 Å². The lowest BCUT2D eigenvalue weighted by molar-refractivity contribution is 0.415. The van der Waals surface area contributed by atoms with E-state index in [4.69, 9.17) is 4.74 Å². The van der Waals surface area contributed by atoms with Crippen molar-refractivity contribution in [2.24, 2.45) is 10.2 Å². The second-order valence-corrected chi connectivity index (χ2v) is 5.87. The Bertz CT molecular complexity index is 1140. The minimum absolute atomic E-state index is 0.120. The summed E-state index contributed by atoms with van der Waals surface area (Å²) in [6.45, 7) is 0. The third-order valence-electron chi connectivity index (χ3n) is 4.30. The monoisotopic (exact) mass is 344 g/mol. The average Bonchev–Trinajstić information content (AvgIpc) is 2.70. The van der Waals surface area contributed by atoms with Crippen LogP contribution in [0.15, 0.2) is 77.0 Å². The topological polar surface area (TPSA) is 74.4 Å². The molecule has 0 aliphatic carbocycles. The summed E-state index contributed by atoms with van der Waals surface area (Å²) in [4.78, 5) is 0. The van der Waals surface area contributed by atoms with Gasteiger partial charge in [0, 0.05) is 21.5 Å². The van der Waals surface area contributed by atoms with Gasteiger partial charge in [0.15, 0.2) is 0 Å². The van der Waals surface area contributed by atoms with E-state index in [1.165, 1.54) is 0 Å². The van der Waals surface area contributed by atoms with Crippen LogP contribution >= 0.6 is 0 Å². The molecule has 0 radical (unpaired) electrons. The number of hydrogen-bond acceptors (Lipinski definition) is 5. The molecule has 128 valence electrons. The number of phenols is 2. The maximum absolute atomic E-state index is 10.6. The Hall–Kier alpha value is -3.60. The first-order valence-corrected chi connectivity index (χ1v) is 8.09. The van der Waals surface area contributed by atoms with Crippen LogP contribution in [0.2, 0.25) is 0 Å². The fraction of sp³-hybridized carbons (Fsp3) is 0.0476. The number of phenolic OH excluding ortho intramolecular Hbond substituents is 2. The summed E-state index contributed by atoms with van der Waals surface area (Å²) < 4.78 is 5.12. The molecule has 0 spiro atoms. The number of aromatic hydroxyl groups is 2. The minimum atomic E-state index is 0.120. The molecule has 0 saturated heterocycles. The van der Waals surface area contributed by atoms with Crippen LogP contribution in [-0.4, -0.2) is 17.3 Å². The summed E-state index contributed by atoms with van der Waals surface area (Å²) >= 11 is 0. The highest BCUT2D eigenvalue weighted by atomic mass is 16.5. The molecule has 0 aromatic heterocycles. The first kappa shape index (κ1) is 15.9. The van der Waals surface area contributed by atoms with Gasteiger partial charge in [0.25, 0.3) is 0 Å². The lowest BCUT2D eigenvalue weighted by atomic mass is 10.0. The zero-order chi connectivity index (χ0) is 18.1. The summed E-state index contributed by atoms with van der Waals surface area (Å²) in [6, 6.07) is 19.6. The normalized spacial score (nSPS) is 11.4. The highest BCUT2D eigenvalue weighted by Gasteiger charge is 2.12. The van der Waals surface area contributed by atoms with E-state index in [0.29, 0.717) is 32.9 Å². The SMILES string of the molecule is COc1ccc(N=Nc2ccc3c(O)c4ccccc4c(O)c3c2)cc1. The molecule has 26 heavy (non-hydrogen) atoms. The Morgan fingerprint density at radius 1 is 0.654 bits per heavy atom. The number of azo groups is 1. The fourth-order valence-corrected chi connectivity index (χ4v) is 2.95. The summed E-state index contributed by atoms with van der Waals surface area (Å²) in [5.74, 6) is 1.02. The van der Waals surface area contributed by atoms with Crippen molar-refractivity contribution >= 4 is 32.9 Å². The molecule has 5 nitrogen and oxygen atoms in total. The van der Waals surface area contributed by atoms with Crippen molar-refractivity contribution in [3.8, 4) is 17.2 Å². The van der Waals surface area contributed by atoms with Crippen LogP contribution in [0, 0.1) is 0 Å². The largest absolute Gasteiger partial charge is 0.507 e. The van der Waals surface area contributed by atoms with Crippen molar-refractivity contribution in [1.29, 1.82) is 0 Å². The lowest BCUT2D eigenvalue weighted by Gasteiger charge is -2.09. The number of fused-ring (bicyclic) bond motifs is 2. The van der Waals surface area contributed by atoms with E-state index in [-0.39, 0.29) is 11.5 Å². The van der Waals surface area contributed by atoms with Crippen LogP contribution in [-0.2, 0) is 0 Å². The van der Waals surface area contributed by atoms with E-state index in [1.54, 1.807) is 49.6 Å². The van der Waals surface area contributed by atoms with Gasteiger partial charge in [0.2, 0.25) is 0 Å². The van der Waals surface area contributed by atoms with Gasteiger partial charge >= 0.3 is 0 Å². The van der Waals surface area contributed by atoms with Crippen molar-refractivity contribution in [1.82, 2.24) is 0 Å². The Morgan fingerprint density at radius 2 is 1.19 bits per heavy atom. The molecule has 2 N–H and O–H groups in total. The van der Waals surface area contributed by atoms with Crippen molar-refractivity contribution in [2.45, 2.75) is 0 Å². The molecule has 4 aromatic rings. The molecular weight excluding hydrogens is 328 g/mol. The molecule has 0 bridgehead atoms. The maximum Gasteiger partial charge on any atom is 0.131 e. The van der Waals surface area contributed by atoms with E-state index in [9.17, 15) is 10.2 Å². The van der Waals surface area contributed by atoms with E-state index in [2.05, 4.69) is 10.2 Å². The Morgan fingerprint density at radius 3 is 1.85 bits per heavy atom. The lowest BCUT2D eigenvalue weighted by Crippen LogP contribution is -1.81. The summed E-state index contributed by atoms with van der Waals surface area (Å²) in [5.41, 5.74) is 1.27. The Balaban J connectivity index is 1.78. The number of hydrogen-bond donors (Lipinski definition) is 2. The predicted molar refractivity (Wildman–Crippen MR) is 102 cm³/mol. The number of methoxy groups -OCH3 is 1. The molecular formula is C21H16N2O3. The van der Waals surface area contributed by atoms with Crippen molar-refractivity contribution in [2.75, 3.05) is 7.11 Å². The third-order valence-corrected chi connectivity index (χ3v) is 4.30. The summed E-state index contributed by atoms with van der Waals surface area (Å²) in [6.07, 6.45) is 0. The number of ether oxygens (including phenoxy) is 1. The quantitative estimate of drug-likeness (QED) is 0.279. The van der Waals surface area contributed by atoms with Gasteiger partial charge in [0.05, 0.1) is 18.5 Å². The first-order valence-electron chi connectivity index (χ1n) is 8.09. The van der Waals surface area contributed by atoms with Gasteiger partial charge in [-0.05, 0) is 42.5 Å². The molecule has 4 rings (SSSR count). The zero-order valence-corrected chi connectivity index (χ0v) is 14.0. The van der Waals surface area contributed by atoms with Gasteiger partial charge in [-0.1, -0.05) is 24.3 Å². The van der Waals surface area contributed by atoms with Crippen LogP contribution in [0.1, 0.15) is 0 Å². The van der Waals surface area contributed by atoms with Crippen LogP contribution < -0.4 is 4.74 Å². The van der Waals surface area contributed by atoms with Gasteiger partial charge < -0.3 is 14.9 Å². The second kappa shape index (κ2) is 6.37. The molecule has 0 fully saturated rings. The highest BCUT2D eigenvalue weighted by Crippen LogP contribution is 2.42. The molecule has 0 atom stereocenters. The highest BCUT2D eigenvalue weighted by molar-refractivity contribution is 6.11. The van der Waals surface area contributed by atoms with Crippen LogP contribution in [0.3, 0.4) is 0 Å². The fourth-order valence-electron chi connectivity index (χ4n) is 2.95. The molecule has 0 aliphatic heterocycles. The molecule has 0 heterocycles. The third kappa shape index (κ3) is 2.69. The molecule has 0 unspecified atom stereocenters. The van der Waals surface area contributed by atoms with E-state index >= 15 is 0 Å². The maximum atomic E-state index is 10.6. The summed E-state index contributed by atoms with van der Waals surface area (Å²) in [7, 11) is 1.61. The smallest absolute Gasteiger partial charge is 0.131 e. The standard InChI is InChI=1S/C21H16N2O3/c1-26-15-9-6-13(7-10-15)22-23-14-8-11-18-19(12-14)21(25)17-5-3-2-4-16(17)20(18)24/h2-12,24-25H,1H3. The van der Waals surface area contributed by atoms with Gasteiger partial charge in [-0.15, -0.1) is 0 Å². The minimum Gasteiger partial charge on any atom is -0.507 e. The van der Waals surface area contributed by atoms with Crippen LogP contribution in [0.25, 0.3) is 21.5 Å². The van der Waals surface area contributed by atoms with Gasteiger partial charge in [-0.3, -0.25) is 0 Å². The van der Waals surface area contributed by atoms with E-state index in [0.717, 1.165) is 5.75 Å². The van der Waals surface area contributed by atoms with E-state index in [1.807, 2.05) is 24.3 Å². The van der Waals surface area contributed by atoms with Crippen LogP contribution in [0.4, 0.5) is 11.4 Å². The number of benzene rings is 4. The van der Waals surface area contributed by atoms with E-state index < -0.39 is 0 Å². The molecule has 5 heteroatoms. The van der Waals surface area contributed by atoms with Crippen molar-refractivity contribution in [3.05, 3.63) is 66.7 Å². The summed E-state index contributed by atoms with van der Waals surface area (Å²) in [5, 5.41) is 31.9. The Kier molecular flexibility index (Phi) is 3.89. The zero-order valence-electron chi connectivity index (χ0n) is 14.0. The van der Waals surface area contributed by atoms with Gasteiger partial charge in [-0.2, -0.15) is 10.2 Å². The predicted octanol–water partition coefficient (Wildman–Crippen LogP) is 5.83. The number of rotatable bonds is 3.